The Morgan fingerprint density at radius 2 is 1.88 bits per heavy atom. The molecule has 26 heavy (non-hydrogen) atoms. The molecule has 3 aromatic rings. The molecule has 0 saturated heterocycles. The van der Waals surface area contributed by atoms with E-state index in [0.717, 1.165) is 16.4 Å². The maximum atomic E-state index is 13.6. The molecule has 1 amide bonds. The Morgan fingerprint density at radius 1 is 1.15 bits per heavy atom. The zero-order valence-electron chi connectivity index (χ0n) is 13.8. The molecule has 1 aromatic carbocycles. The molecule has 0 bridgehead atoms. The first-order valence-electron chi connectivity index (χ1n) is 7.76. The van der Waals surface area contributed by atoms with Gasteiger partial charge in [0.15, 0.2) is 5.69 Å². The first-order valence-corrected chi connectivity index (χ1v) is 7.76. The molecule has 0 aliphatic heterocycles. The van der Waals surface area contributed by atoms with Crippen molar-refractivity contribution in [1.29, 1.82) is 0 Å². The van der Waals surface area contributed by atoms with Gasteiger partial charge in [-0.05, 0) is 31.2 Å². The van der Waals surface area contributed by atoms with E-state index in [2.05, 4.69) is 15.4 Å². The predicted octanol–water partition coefficient (Wildman–Crippen LogP) is 3.52. The second kappa shape index (κ2) is 6.99. The zero-order chi connectivity index (χ0) is 18.7. The quantitative estimate of drug-likeness (QED) is 0.774. The lowest BCUT2D eigenvalue weighted by atomic mass is 10.2. The number of nitrogens with zero attached hydrogens (tertiary/aromatic N) is 3. The number of amides is 1. The van der Waals surface area contributed by atoms with Gasteiger partial charge in [0.25, 0.3) is 5.91 Å². The van der Waals surface area contributed by atoms with E-state index in [0.29, 0.717) is 5.69 Å². The van der Waals surface area contributed by atoms with Crippen LogP contribution in [-0.4, -0.2) is 20.7 Å². The molecule has 3 rings (SSSR count). The number of alkyl halides is 3. The monoisotopic (exact) mass is 360 g/mol. The summed E-state index contributed by atoms with van der Waals surface area (Å²) in [5.41, 5.74) is 0.0312. The van der Waals surface area contributed by atoms with Crippen LogP contribution in [0, 0.1) is 6.92 Å². The summed E-state index contributed by atoms with van der Waals surface area (Å²) in [5, 5.41) is 6.23. The molecule has 0 spiro atoms. The highest BCUT2D eigenvalue weighted by atomic mass is 19.4. The molecule has 0 aliphatic carbocycles. The first-order chi connectivity index (χ1) is 12.4. The van der Waals surface area contributed by atoms with Crippen LogP contribution in [0.25, 0.3) is 5.69 Å². The largest absolute Gasteiger partial charge is 0.434 e. The average molecular weight is 360 g/mol. The standard InChI is InChI=1S/C18H15F3N4O/c1-12-5-7-14(8-6-12)25-16(18(19,20)21)15(11-24-25)17(26)23-10-13-4-2-3-9-22-13/h2-9,11H,10H2,1H3,(H,23,26). The van der Waals surface area contributed by atoms with Crippen LogP contribution in [0.1, 0.15) is 27.3 Å². The number of aryl methyl sites for hydroxylation is 1. The van der Waals surface area contributed by atoms with Crippen molar-refractivity contribution >= 4 is 5.91 Å². The highest BCUT2D eigenvalue weighted by molar-refractivity contribution is 5.95. The Balaban J connectivity index is 1.92. The van der Waals surface area contributed by atoms with Gasteiger partial charge in [-0.3, -0.25) is 9.78 Å². The maximum absolute atomic E-state index is 13.6. The SMILES string of the molecule is Cc1ccc(-n2ncc(C(=O)NCc3ccccn3)c2C(F)(F)F)cc1. The Hall–Kier alpha value is -3.16. The van der Waals surface area contributed by atoms with Gasteiger partial charge >= 0.3 is 6.18 Å². The lowest BCUT2D eigenvalue weighted by molar-refractivity contribution is -0.143. The molecule has 1 N–H and O–H groups in total. The number of rotatable bonds is 4. The average Bonchev–Trinajstić information content (AvgIpc) is 3.07. The summed E-state index contributed by atoms with van der Waals surface area (Å²) in [6.45, 7) is 1.85. The highest BCUT2D eigenvalue weighted by Gasteiger charge is 2.40. The van der Waals surface area contributed by atoms with Crippen LogP contribution < -0.4 is 5.32 Å². The third kappa shape index (κ3) is 3.74. The van der Waals surface area contributed by atoms with E-state index in [-0.39, 0.29) is 12.2 Å². The molecule has 5 nitrogen and oxygen atoms in total. The second-order valence-corrected chi connectivity index (χ2v) is 5.66. The van der Waals surface area contributed by atoms with Gasteiger partial charge in [-0.15, -0.1) is 0 Å². The molecule has 0 unspecified atom stereocenters. The van der Waals surface area contributed by atoms with Crippen LogP contribution in [-0.2, 0) is 12.7 Å². The predicted molar refractivity (Wildman–Crippen MR) is 88.7 cm³/mol. The van der Waals surface area contributed by atoms with Crippen LogP contribution in [0.3, 0.4) is 0 Å². The van der Waals surface area contributed by atoms with Gasteiger partial charge in [0.2, 0.25) is 0 Å². The summed E-state index contributed by atoms with van der Waals surface area (Å²) in [4.78, 5) is 16.3. The number of halogens is 3. The lowest BCUT2D eigenvalue weighted by Gasteiger charge is -2.13. The molecular formula is C18H15F3N4O. The van der Waals surface area contributed by atoms with Crippen LogP contribution in [0.15, 0.2) is 54.9 Å². The fourth-order valence-electron chi connectivity index (χ4n) is 2.44. The number of carbonyl (C=O) groups excluding carboxylic acids is 1. The Labute approximate surface area is 147 Å². The van der Waals surface area contributed by atoms with Gasteiger partial charge in [-0.1, -0.05) is 23.8 Å². The molecule has 8 heteroatoms. The van der Waals surface area contributed by atoms with Crippen molar-refractivity contribution < 1.29 is 18.0 Å². The van der Waals surface area contributed by atoms with E-state index in [1.165, 1.54) is 18.3 Å². The number of benzene rings is 1. The van der Waals surface area contributed by atoms with E-state index < -0.39 is 23.3 Å². The van der Waals surface area contributed by atoms with Crippen LogP contribution in [0.4, 0.5) is 13.2 Å². The van der Waals surface area contributed by atoms with Crippen molar-refractivity contribution in [2.75, 3.05) is 0 Å². The van der Waals surface area contributed by atoms with Crippen molar-refractivity contribution in [2.24, 2.45) is 0 Å². The molecular weight excluding hydrogens is 345 g/mol. The van der Waals surface area contributed by atoms with E-state index in [1.807, 2.05) is 6.92 Å². The van der Waals surface area contributed by atoms with Gasteiger partial charge in [-0.2, -0.15) is 18.3 Å². The smallest absolute Gasteiger partial charge is 0.346 e. The Bertz CT molecular complexity index is 902. The van der Waals surface area contributed by atoms with Gasteiger partial charge in [-0.25, -0.2) is 4.68 Å². The van der Waals surface area contributed by atoms with Crippen molar-refractivity contribution in [3.63, 3.8) is 0 Å². The molecule has 0 fully saturated rings. The third-order valence-corrected chi connectivity index (χ3v) is 3.72. The number of carbonyl (C=O) groups is 1. The first kappa shape index (κ1) is 17.7. The van der Waals surface area contributed by atoms with Crippen LogP contribution in [0.2, 0.25) is 0 Å². The number of nitrogens with one attached hydrogen (secondary N) is 1. The zero-order valence-corrected chi connectivity index (χ0v) is 13.8. The van der Waals surface area contributed by atoms with Gasteiger partial charge < -0.3 is 5.32 Å². The van der Waals surface area contributed by atoms with E-state index >= 15 is 0 Å². The number of hydrogen-bond acceptors (Lipinski definition) is 3. The number of aromatic nitrogens is 3. The molecule has 2 aromatic heterocycles. The van der Waals surface area contributed by atoms with Gasteiger partial charge in [0.1, 0.15) is 0 Å². The summed E-state index contributed by atoms with van der Waals surface area (Å²) in [6.07, 6.45) is -2.27. The van der Waals surface area contributed by atoms with Gasteiger partial charge in [0.05, 0.1) is 29.7 Å². The molecule has 0 radical (unpaired) electrons. The molecule has 2 heterocycles. The summed E-state index contributed by atoms with van der Waals surface area (Å²) >= 11 is 0. The van der Waals surface area contributed by atoms with Crippen LogP contribution in [0.5, 0.6) is 0 Å². The van der Waals surface area contributed by atoms with Gasteiger partial charge in [0, 0.05) is 6.20 Å². The highest BCUT2D eigenvalue weighted by Crippen LogP contribution is 2.33. The summed E-state index contributed by atoms with van der Waals surface area (Å²) < 4.78 is 41.5. The fourth-order valence-corrected chi connectivity index (χ4v) is 2.44. The lowest BCUT2D eigenvalue weighted by Crippen LogP contribution is -2.26. The molecule has 0 aliphatic rings. The van der Waals surface area contributed by atoms with Crippen molar-refractivity contribution in [2.45, 2.75) is 19.6 Å². The summed E-state index contributed by atoms with van der Waals surface area (Å²) in [7, 11) is 0. The number of hydrogen-bond donors (Lipinski definition) is 1. The van der Waals surface area contributed by atoms with Crippen molar-refractivity contribution in [1.82, 2.24) is 20.1 Å². The van der Waals surface area contributed by atoms with E-state index in [9.17, 15) is 18.0 Å². The fraction of sp³-hybridized carbons (Fsp3) is 0.167. The Morgan fingerprint density at radius 3 is 2.50 bits per heavy atom. The maximum Gasteiger partial charge on any atom is 0.434 e. The third-order valence-electron chi connectivity index (χ3n) is 3.72. The topological polar surface area (TPSA) is 59.8 Å². The molecule has 0 atom stereocenters. The molecule has 0 saturated carbocycles. The minimum atomic E-state index is -4.74. The molecule has 134 valence electrons. The summed E-state index contributed by atoms with van der Waals surface area (Å²) in [5.74, 6) is -0.860. The normalized spacial score (nSPS) is 11.4. The van der Waals surface area contributed by atoms with Crippen LogP contribution >= 0.6 is 0 Å². The van der Waals surface area contributed by atoms with Crippen molar-refractivity contribution in [3.8, 4) is 5.69 Å². The minimum absolute atomic E-state index is 0.0205. The second-order valence-electron chi connectivity index (χ2n) is 5.66. The Kier molecular flexibility index (Phi) is 4.75. The van der Waals surface area contributed by atoms with E-state index in [1.54, 1.807) is 30.3 Å². The van der Waals surface area contributed by atoms with E-state index in [4.69, 9.17) is 0 Å². The minimum Gasteiger partial charge on any atom is -0.346 e. The number of pyridine rings is 1. The summed E-state index contributed by atoms with van der Waals surface area (Å²) in [6, 6.07) is 11.5. The van der Waals surface area contributed by atoms with Crippen molar-refractivity contribution in [3.05, 3.63) is 77.4 Å².